The number of methoxy groups -OCH3 is 2. The summed E-state index contributed by atoms with van der Waals surface area (Å²) in [5, 5.41) is 6.15. The van der Waals surface area contributed by atoms with Gasteiger partial charge in [-0.15, -0.1) is 0 Å². The summed E-state index contributed by atoms with van der Waals surface area (Å²) < 4.78 is 35.8. The fraction of sp³-hybridized carbons (Fsp3) is 0.429. The first-order chi connectivity index (χ1) is 14.2. The molecule has 1 unspecified atom stereocenters. The topological polar surface area (TPSA) is 84.5 Å². The number of nitrogens with two attached hydrogens (primary N) is 1. The van der Waals surface area contributed by atoms with Crippen molar-refractivity contribution in [1.29, 1.82) is 0 Å². The highest BCUT2D eigenvalue weighted by molar-refractivity contribution is 7.90. The Morgan fingerprint density at radius 3 is 2.43 bits per heavy atom. The number of anilines is 2. The van der Waals surface area contributed by atoms with Gasteiger partial charge < -0.3 is 25.0 Å². The van der Waals surface area contributed by atoms with Crippen LogP contribution in [0.5, 0.6) is 11.5 Å². The van der Waals surface area contributed by atoms with E-state index in [4.69, 9.17) is 21.1 Å². The van der Waals surface area contributed by atoms with Crippen molar-refractivity contribution in [3.05, 3.63) is 40.9 Å². The third-order valence-electron chi connectivity index (χ3n) is 5.24. The molecule has 164 valence electrons. The Labute approximate surface area is 183 Å². The third-order valence-corrected chi connectivity index (χ3v) is 6.62. The van der Waals surface area contributed by atoms with Gasteiger partial charge in [0.1, 0.15) is 0 Å². The number of halogens is 1. The van der Waals surface area contributed by atoms with Crippen LogP contribution in [0.1, 0.15) is 18.5 Å². The maximum absolute atomic E-state index is 12.4. The number of nitrogens with one attached hydrogen (secondary N) is 1. The van der Waals surface area contributed by atoms with Gasteiger partial charge in [0.15, 0.2) is 21.3 Å². The predicted molar refractivity (Wildman–Crippen MR) is 120 cm³/mol. The van der Waals surface area contributed by atoms with Crippen LogP contribution in [-0.4, -0.2) is 55.1 Å². The van der Waals surface area contributed by atoms with Crippen molar-refractivity contribution in [1.82, 2.24) is 0 Å². The first-order valence-electron chi connectivity index (χ1n) is 9.83. The van der Waals surface area contributed by atoms with Gasteiger partial charge in [0.2, 0.25) is 0 Å². The summed E-state index contributed by atoms with van der Waals surface area (Å²) in [6.07, 6.45) is 1.22. The molecule has 0 aliphatic carbocycles. The molecule has 1 aliphatic rings. The Kier molecular flexibility index (Phi) is 7.00. The van der Waals surface area contributed by atoms with Crippen LogP contribution >= 0.6 is 11.6 Å². The van der Waals surface area contributed by atoms with Crippen molar-refractivity contribution in [3.8, 4) is 11.5 Å². The lowest BCUT2D eigenvalue weighted by atomic mass is 10.1. The highest BCUT2D eigenvalue weighted by atomic mass is 35.5. The Balaban J connectivity index is 2.01. The van der Waals surface area contributed by atoms with Crippen molar-refractivity contribution >= 4 is 32.8 Å². The molecule has 0 spiro atoms. The minimum Gasteiger partial charge on any atom is -0.493 e. The quantitative estimate of drug-likeness (QED) is 0.668. The second-order valence-corrected chi connectivity index (χ2v) is 9.82. The van der Waals surface area contributed by atoms with E-state index in [0.717, 1.165) is 37.4 Å². The number of piperazine rings is 1. The molecule has 2 aromatic rings. The predicted octanol–water partition coefficient (Wildman–Crippen LogP) is 2.32. The lowest BCUT2D eigenvalue weighted by Crippen LogP contribution is -2.89. The normalized spacial score (nSPS) is 15.6. The summed E-state index contributed by atoms with van der Waals surface area (Å²) in [7, 11) is -0.294. The van der Waals surface area contributed by atoms with Gasteiger partial charge in [-0.05, 0) is 31.2 Å². The molecule has 1 fully saturated rings. The van der Waals surface area contributed by atoms with E-state index in [1.54, 1.807) is 32.4 Å². The highest BCUT2D eigenvalue weighted by Crippen LogP contribution is 2.39. The first kappa shape index (κ1) is 22.5. The lowest BCUT2D eigenvalue weighted by molar-refractivity contribution is -0.655. The summed E-state index contributed by atoms with van der Waals surface area (Å²) in [6.45, 7) is 5.82. The standard InChI is InChI=1S/C21H28ClN3O4S/c1-14(17-11-15(22)12-19(28-2)21(17)29-3)24-18-13-16(25-9-7-23-8-10-25)5-6-20(18)30(4,26)27/h5-6,11-14,23-24H,7-10H2,1-4H3/p+1. The van der Waals surface area contributed by atoms with E-state index in [-0.39, 0.29) is 10.9 Å². The van der Waals surface area contributed by atoms with Gasteiger partial charge in [-0.3, -0.25) is 0 Å². The zero-order chi connectivity index (χ0) is 21.9. The van der Waals surface area contributed by atoms with E-state index in [1.165, 1.54) is 6.26 Å². The number of hydrogen-bond acceptors (Lipinski definition) is 6. The van der Waals surface area contributed by atoms with Gasteiger partial charge in [-0.2, -0.15) is 0 Å². The van der Waals surface area contributed by atoms with Crippen molar-refractivity contribution in [2.45, 2.75) is 17.9 Å². The van der Waals surface area contributed by atoms with Crippen LogP contribution < -0.4 is 25.0 Å². The maximum Gasteiger partial charge on any atom is 0.177 e. The molecule has 1 heterocycles. The molecular weight excluding hydrogens is 426 g/mol. The molecule has 9 heteroatoms. The molecule has 3 rings (SSSR count). The minimum absolute atomic E-state index is 0.259. The van der Waals surface area contributed by atoms with Crippen LogP contribution in [0, 0.1) is 0 Å². The van der Waals surface area contributed by atoms with Gasteiger partial charge in [-0.25, -0.2) is 8.42 Å². The van der Waals surface area contributed by atoms with Crippen LogP contribution in [0.15, 0.2) is 35.2 Å². The average molecular weight is 455 g/mol. The second-order valence-electron chi connectivity index (χ2n) is 7.40. The molecule has 1 atom stereocenters. The van der Waals surface area contributed by atoms with Crippen LogP contribution in [0.3, 0.4) is 0 Å². The smallest absolute Gasteiger partial charge is 0.177 e. The van der Waals surface area contributed by atoms with E-state index < -0.39 is 9.84 Å². The Morgan fingerprint density at radius 2 is 1.83 bits per heavy atom. The molecule has 1 aliphatic heterocycles. The molecule has 0 saturated carbocycles. The van der Waals surface area contributed by atoms with Crippen LogP contribution in [0.4, 0.5) is 11.4 Å². The van der Waals surface area contributed by atoms with E-state index in [2.05, 4.69) is 15.5 Å². The fourth-order valence-corrected chi connectivity index (χ4v) is 4.80. The molecule has 0 radical (unpaired) electrons. The minimum atomic E-state index is -3.41. The SMILES string of the molecule is COc1cc(Cl)cc(C(C)Nc2cc(N3CC[NH2+]CC3)ccc2S(C)(=O)=O)c1OC. The number of hydrogen-bond donors (Lipinski definition) is 2. The Bertz CT molecular complexity index is 1010. The number of quaternary nitrogens is 1. The number of ether oxygens (including phenoxy) is 2. The maximum atomic E-state index is 12.4. The molecule has 7 nitrogen and oxygen atoms in total. The molecule has 0 aromatic heterocycles. The number of benzene rings is 2. The molecule has 2 aromatic carbocycles. The third kappa shape index (κ3) is 4.94. The zero-order valence-electron chi connectivity index (χ0n) is 17.7. The van der Waals surface area contributed by atoms with Gasteiger partial charge in [0, 0.05) is 28.6 Å². The van der Waals surface area contributed by atoms with Crippen molar-refractivity contribution in [2.75, 3.05) is 56.9 Å². The van der Waals surface area contributed by atoms with Crippen molar-refractivity contribution < 1.29 is 23.2 Å². The van der Waals surface area contributed by atoms with Crippen molar-refractivity contribution in [3.63, 3.8) is 0 Å². The van der Waals surface area contributed by atoms with Crippen LogP contribution in [-0.2, 0) is 9.84 Å². The van der Waals surface area contributed by atoms with Gasteiger partial charge >= 0.3 is 0 Å². The van der Waals surface area contributed by atoms with Crippen LogP contribution in [0.2, 0.25) is 5.02 Å². The summed E-state index contributed by atoms with van der Waals surface area (Å²) in [6, 6.07) is 8.66. The fourth-order valence-electron chi connectivity index (χ4n) is 3.75. The molecule has 0 bridgehead atoms. The van der Waals surface area contributed by atoms with E-state index in [1.807, 2.05) is 19.1 Å². The molecule has 0 amide bonds. The zero-order valence-corrected chi connectivity index (χ0v) is 19.3. The molecular formula is C21H29ClN3O4S+. The van der Waals surface area contributed by atoms with Gasteiger partial charge in [0.25, 0.3) is 0 Å². The van der Waals surface area contributed by atoms with Gasteiger partial charge in [0.05, 0.1) is 57.0 Å². The van der Waals surface area contributed by atoms with Crippen LogP contribution in [0.25, 0.3) is 0 Å². The Morgan fingerprint density at radius 1 is 1.13 bits per heavy atom. The molecule has 3 N–H and O–H groups in total. The number of nitrogens with zero attached hydrogens (tertiary/aromatic N) is 1. The number of rotatable bonds is 7. The second kappa shape index (κ2) is 9.32. The largest absolute Gasteiger partial charge is 0.493 e. The van der Waals surface area contributed by atoms with Gasteiger partial charge in [-0.1, -0.05) is 11.6 Å². The van der Waals surface area contributed by atoms with E-state index in [9.17, 15) is 8.42 Å². The summed E-state index contributed by atoms with van der Waals surface area (Å²) >= 11 is 6.27. The summed E-state index contributed by atoms with van der Waals surface area (Å²) in [4.78, 5) is 2.53. The molecule has 1 saturated heterocycles. The monoisotopic (exact) mass is 454 g/mol. The van der Waals surface area contributed by atoms with Crippen molar-refractivity contribution in [2.24, 2.45) is 0 Å². The molecule has 30 heavy (non-hydrogen) atoms. The first-order valence-corrected chi connectivity index (χ1v) is 12.1. The lowest BCUT2D eigenvalue weighted by Gasteiger charge is -2.28. The Hall–Kier alpha value is -2.16. The van der Waals surface area contributed by atoms with E-state index >= 15 is 0 Å². The summed E-state index contributed by atoms with van der Waals surface area (Å²) in [5.74, 6) is 1.08. The number of sulfone groups is 1. The average Bonchev–Trinajstić information content (AvgIpc) is 2.72. The van der Waals surface area contributed by atoms with E-state index in [0.29, 0.717) is 22.2 Å². The highest BCUT2D eigenvalue weighted by Gasteiger charge is 2.22. The summed E-state index contributed by atoms with van der Waals surface area (Å²) in [5.41, 5.74) is 2.33.